The molecular weight excluding hydrogens is 309 g/mol. The molecule has 1 aromatic heterocycles. The minimum absolute atomic E-state index is 1.16. The van der Waals surface area contributed by atoms with Gasteiger partial charge in [0.1, 0.15) is 0 Å². The first kappa shape index (κ1) is 11.7. The molecule has 0 fully saturated rings. The molecular formula is C14H16IN. The molecule has 0 aliphatic heterocycles. The van der Waals surface area contributed by atoms with Gasteiger partial charge >= 0.3 is 0 Å². The van der Waals surface area contributed by atoms with Gasteiger partial charge in [0.05, 0.1) is 0 Å². The summed E-state index contributed by atoms with van der Waals surface area (Å²) in [6.45, 7) is 4.39. The lowest BCUT2D eigenvalue weighted by Gasteiger charge is -2.09. The molecule has 0 N–H and O–H groups in total. The monoisotopic (exact) mass is 325 g/mol. The second-order valence-electron chi connectivity index (χ2n) is 4.01. The molecule has 16 heavy (non-hydrogen) atoms. The summed E-state index contributed by atoms with van der Waals surface area (Å²) in [6.07, 6.45) is 1.16. The molecule has 0 aliphatic rings. The van der Waals surface area contributed by atoms with Crippen LogP contribution < -0.4 is 0 Å². The van der Waals surface area contributed by atoms with Crippen molar-refractivity contribution in [3.05, 3.63) is 53.3 Å². The highest BCUT2D eigenvalue weighted by Gasteiger charge is 2.09. The standard InChI is InChI=1S/C14H16IN/c1-11-10-13(8-9-15)12(2)16(11)14-6-4-3-5-7-14/h3-7,10H,8-9H2,1-2H3. The first-order valence-electron chi connectivity index (χ1n) is 5.53. The number of aromatic nitrogens is 1. The van der Waals surface area contributed by atoms with E-state index in [1.807, 2.05) is 0 Å². The molecule has 0 amide bonds. The van der Waals surface area contributed by atoms with E-state index in [0.29, 0.717) is 0 Å². The molecule has 0 saturated heterocycles. The largest absolute Gasteiger partial charge is 0.318 e. The molecule has 1 aromatic carbocycles. The number of benzene rings is 1. The molecule has 2 heteroatoms. The fraction of sp³-hybridized carbons (Fsp3) is 0.286. The van der Waals surface area contributed by atoms with Crippen LogP contribution >= 0.6 is 22.6 Å². The van der Waals surface area contributed by atoms with Crippen LogP contribution in [-0.4, -0.2) is 8.99 Å². The van der Waals surface area contributed by atoms with Crippen molar-refractivity contribution in [1.82, 2.24) is 4.57 Å². The summed E-state index contributed by atoms with van der Waals surface area (Å²) in [5, 5.41) is 0. The van der Waals surface area contributed by atoms with E-state index >= 15 is 0 Å². The Bertz CT molecular complexity index is 471. The number of hydrogen-bond acceptors (Lipinski definition) is 0. The number of aryl methyl sites for hydroxylation is 2. The number of para-hydroxylation sites is 1. The van der Waals surface area contributed by atoms with Crippen LogP contribution in [0.1, 0.15) is 17.0 Å². The molecule has 0 aliphatic carbocycles. The Morgan fingerprint density at radius 3 is 2.44 bits per heavy atom. The van der Waals surface area contributed by atoms with Crippen LogP contribution in [-0.2, 0) is 6.42 Å². The minimum atomic E-state index is 1.16. The van der Waals surface area contributed by atoms with Gasteiger partial charge < -0.3 is 4.57 Å². The van der Waals surface area contributed by atoms with Gasteiger partial charge in [-0.15, -0.1) is 0 Å². The van der Waals surface area contributed by atoms with Crippen molar-refractivity contribution < 1.29 is 0 Å². The predicted molar refractivity (Wildman–Crippen MR) is 77.8 cm³/mol. The van der Waals surface area contributed by atoms with Crippen LogP contribution in [0.3, 0.4) is 0 Å². The molecule has 0 saturated carbocycles. The summed E-state index contributed by atoms with van der Waals surface area (Å²) in [6, 6.07) is 12.9. The van der Waals surface area contributed by atoms with E-state index in [1.54, 1.807) is 0 Å². The van der Waals surface area contributed by atoms with Crippen molar-refractivity contribution in [2.75, 3.05) is 4.43 Å². The number of rotatable bonds is 3. The van der Waals surface area contributed by atoms with E-state index in [0.717, 1.165) is 6.42 Å². The smallest absolute Gasteiger partial charge is 0.0455 e. The zero-order valence-electron chi connectivity index (χ0n) is 9.70. The number of hydrogen-bond donors (Lipinski definition) is 0. The van der Waals surface area contributed by atoms with Crippen LogP contribution in [0.5, 0.6) is 0 Å². The molecule has 1 heterocycles. The molecule has 0 spiro atoms. The third kappa shape index (κ3) is 2.17. The molecule has 2 rings (SSSR count). The van der Waals surface area contributed by atoms with E-state index in [1.165, 1.54) is 27.1 Å². The average Bonchev–Trinajstić information content (AvgIpc) is 2.56. The maximum Gasteiger partial charge on any atom is 0.0455 e. The highest BCUT2D eigenvalue weighted by Crippen LogP contribution is 2.21. The summed E-state index contributed by atoms with van der Waals surface area (Å²) >= 11 is 2.43. The van der Waals surface area contributed by atoms with Gasteiger partial charge in [0.2, 0.25) is 0 Å². The van der Waals surface area contributed by atoms with E-state index in [-0.39, 0.29) is 0 Å². The first-order chi connectivity index (χ1) is 7.74. The highest BCUT2D eigenvalue weighted by molar-refractivity contribution is 14.1. The molecule has 1 nitrogen and oxygen atoms in total. The van der Waals surface area contributed by atoms with Crippen LogP contribution in [0.2, 0.25) is 0 Å². The van der Waals surface area contributed by atoms with E-state index in [2.05, 4.69) is 77.4 Å². The Balaban J connectivity index is 2.49. The van der Waals surface area contributed by atoms with E-state index in [9.17, 15) is 0 Å². The fourth-order valence-corrected chi connectivity index (χ4v) is 2.74. The van der Waals surface area contributed by atoms with Gasteiger partial charge in [-0.2, -0.15) is 0 Å². The lowest BCUT2D eigenvalue weighted by atomic mass is 10.2. The number of alkyl halides is 1. The van der Waals surface area contributed by atoms with Crippen LogP contribution in [0.4, 0.5) is 0 Å². The number of nitrogens with zero attached hydrogens (tertiary/aromatic N) is 1. The second-order valence-corrected chi connectivity index (χ2v) is 5.09. The van der Waals surface area contributed by atoms with Gasteiger partial charge in [0.25, 0.3) is 0 Å². The summed E-state index contributed by atoms with van der Waals surface area (Å²) in [5.74, 6) is 0. The van der Waals surface area contributed by atoms with Crippen molar-refractivity contribution in [2.24, 2.45) is 0 Å². The summed E-state index contributed by atoms with van der Waals surface area (Å²) in [7, 11) is 0. The minimum Gasteiger partial charge on any atom is -0.318 e. The first-order valence-corrected chi connectivity index (χ1v) is 7.06. The molecule has 84 valence electrons. The Morgan fingerprint density at radius 2 is 1.81 bits per heavy atom. The SMILES string of the molecule is Cc1cc(CCI)c(C)n1-c1ccccc1. The second kappa shape index (κ2) is 5.04. The summed E-state index contributed by atoms with van der Waals surface area (Å²) in [5.41, 5.74) is 5.43. The van der Waals surface area contributed by atoms with E-state index in [4.69, 9.17) is 0 Å². The molecule has 0 atom stereocenters. The maximum atomic E-state index is 2.43. The van der Waals surface area contributed by atoms with Gasteiger partial charge in [-0.25, -0.2) is 0 Å². The zero-order chi connectivity index (χ0) is 11.5. The molecule has 0 unspecified atom stereocenters. The van der Waals surface area contributed by atoms with Gasteiger partial charge in [0, 0.05) is 21.5 Å². The van der Waals surface area contributed by atoms with Crippen molar-refractivity contribution in [3.8, 4) is 5.69 Å². The summed E-state index contributed by atoms with van der Waals surface area (Å²) in [4.78, 5) is 0. The average molecular weight is 325 g/mol. The maximum absolute atomic E-state index is 2.43. The van der Waals surface area contributed by atoms with Gasteiger partial charge in [-0.05, 0) is 44.0 Å². The Hall–Kier alpha value is -0.770. The van der Waals surface area contributed by atoms with Gasteiger partial charge in [-0.1, -0.05) is 40.8 Å². The van der Waals surface area contributed by atoms with Crippen LogP contribution in [0.25, 0.3) is 5.69 Å². The Kier molecular flexibility index (Phi) is 3.69. The Morgan fingerprint density at radius 1 is 1.12 bits per heavy atom. The topological polar surface area (TPSA) is 4.93 Å². The van der Waals surface area contributed by atoms with E-state index < -0.39 is 0 Å². The van der Waals surface area contributed by atoms with Crippen LogP contribution in [0, 0.1) is 13.8 Å². The molecule has 0 radical (unpaired) electrons. The Labute approximate surface area is 111 Å². The highest BCUT2D eigenvalue weighted by atomic mass is 127. The predicted octanol–water partition coefficient (Wildman–Crippen LogP) is 4.07. The van der Waals surface area contributed by atoms with Crippen molar-refractivity contribution in [1.29, 1.82) is 0 Å². The fourth-order valence-electron chi connectivity index (χ4n) is 2.16. The van der Waals surface area contributed by atoms with Gasteiger partial charge in [0.15, 0.2) is 0 Å². The normalized spacial score (nSPS) is 10.7. The lowest BCUT2D eigenvalue weighted by molar-refractivity contribution is 0.952. The van der Waals surface area contributed by atoms with Crippen molar-refractivity contribution in [3.63, 3.8) is 0 Å². The molecule has 2 aromatic rings. The third-order valence-corrected chi connectivity index (χ3v) is 3.45. The van der Waals surface area contributed by atoms with Gasteiger partial charge in [-0.3, -0.25) is 0 Å². The third-order valence-electron chi connectivity index (χ3n) is 2.91. The lowest BCUT2D eigenvalue weighted by Crippen LogP contribution is -1.99. The number of halogens is 1. The van der Waals surface area contributed by atoms with Crippen molar-refractivity contribution in [2.45, 2.75) is 20.3 Å². The molecule has 0 bridgehead atoms. The quantitative estimate of drug-likeness (QED) is 0.592. The zero-order valence-corrected chi connectivity index (χ0v) is 11.9. The van der Waals surface area contributed by atoms with Crippen molar-refractivity contribution >= 4 is 22.6 Å². The summed E-state index contributed by atoms with van der Waals surface area (Å²) < 4.78 is 3.51. The van der Waals surface area contributed by atoms with Crippen LogP contribution in [0.15, 0.2) is 36.4 Å².